The van der Waals surface area contributed by atoms with Crippen LogP contribution in [0.25, 0.3) is 0 Å². The lowest BCUT2D eigenvalue weighted by atomic mass is 10.3. The summed E-state index contributed by atoms with van der Waals surface area (Å²) in [6.07, 6.45) is 5.51. The minimum absolute atomic E-state index is 0.153. The molecular formula is C13H16N4O2. The van der Waals surface area contributed by atoms with Crippen LogP contribution in [0.15, 0.2) is 35.2 Å². The van der Waals surface area contributed by atoms with Crippen molar-refractivity contribution in [3.63, 3.8) is 0 Å². The highest BCUT2D eigenvalue weighted by atomic mass is 16.3. The molecule has 0 atom stereocenters. The van der Waals surface area contributed by atoms with Crippen molar-refractivity contribution in [2.75, 3.05) is 11.9 Å². The van der Waals surface area contributed by atoms with Crippen molar-refractivity contribution in [2.24, 2.45) is 0 Å². The molecule has 6 heteroatoms. The number of furan rings is 1. The predicted molar refractivity (Wildman–Crippen MR) is 70.7 cm³/mol. The van der Waals surface area contributed by atoms with E-state index in [4.69, 9.17) is 4.42 Å². The Hall–Kier alpha value is -2.37. The van der Waals surface area contributed by atoms with Crippen molar-refractivity contribution >= 4 is 11.9 Å². The lowest BCUT2D eigenvalue weighted by molar-refractivity contribution is 0.0953. The molecule has 0 aliphatic carbocycles. The Morgan fingerprint density at radius 1 is 1.37 bits per heavy atom. The van der Waals surface area contributed by atoms with Gasteiger partial charge >= 0.3 is 0 Å². The minimum atomic E-state index is -0.153. The van der Waals surface area contributed by atoms with Crippen molar-refractivity contribution in [3.8, 4) is 0 Å². The van der Waals surface area contributed by atoms with Crippen LogP contribution in [0.4, 0.5) is 5.95 Å². The highest BCUT2D eigenvalue weighted by Crippen LogP contribution is 2.05. The zero-order chi connectivity index (χ0) is 13.5. The smallest absolute Gasteiger partial charge is 0.254 e. The second-order valence-electron chi connectivity index (χ2n) is 3.98. The minimum Gasteiger partial charge on any atom is -0.467 e. The van der Waals surface area contributed by atoms with Gasteiger partial charge in [-0.25, -0.2) is 9.97 Å². The van der Waals surface area contributed by atoms with E-state index in [9.17, 15) is 4.79 Å². The molecule has 0 aliphatic heterocycles. The van der Waals surface area contributed by atoms with Crippen LogP contribution in [0.3, 0.4) is 0 Å². The van der Waals surface area contributed by atoms with E-state index in [0.29, 0.717) is 24.6 Å². The Labute approximate surface area is 111 Å². The zero-order valence-corrected chi connectivity index (χ0v) is 10.7. The Balaban J connectivity index is 1.89. The number of nitrogens with one attached hydrogen (secondary N) is 2. The molecule has 100 valence electrons. The number of hydrogen-bond acceptors (Lipinski definition) is 5. The number of aromatic nitrogens is 2. The normalized spacial score (nSPS) is 10.2. The molecule has 2 aromatic rings. The molecule has 0 fully saturated rings. The molecule has 2 N–H and O–H groups in total. The van der Waals surface area contributed by atoms with E-state index in [1.807, 2.05) is 19.1 Å². The van der Waals surface area contributed by atoms with Gasteiger partial charge in [-0.05, 0) is 18.6 Å². The van der Waals surface area contributed by atoms with E-state index < -0.39 is 0 Å². The molecule has 0 saturated heterocycles. The van der Waals surface area contributed by atoms with Gasteiger partial charge in [-0.3, -0.25) is 4.79 Å². The SMILES string of the molecule is CCCNC(=O)c1cnc(NCc2ccco2)nc1. The monoisotopic (exact) mass is 260 g/mol. The average Bonchev–Trinajstić information content (AvgIpc) is 2.96. The fourth-order valence-electron chi connectivity index (χ4n) is 1.46. The highest BCUT2D eigenvalue weighted by Gasteiger charge is 2.06. The third-order valence-electron chi connectivity index (χ3n) is 2.45. The van der Waals surface area contributed by atoms with Crippen molar-refractivity contribution in [3.05, 3.63) is 42.1 Å². The van der Waals surface area contributed by atoms with Crippen LogP contribution in [0.5, 0.6) is 0 Å². The molecule has 0 bridgehead atoms. The predicted octanol–water partition coefficient (Wildman–Crippen LogP) is 1.82. The lowest BCUT2D eigenvalue weighted by Gasteiger charge is -2.05. The van der Waals surface area contributed by atoms with E-state index in [2.05, 4.69) is 20.6 Å². The molecule has 0 aliphatic rings. The van der Waals surface area contributed by atoms with Crippen LogP contribution in [0.2, 0.25) is 0 Å². The van der Waals surface area contributed by atoms with Crippen LogP contribution in [0, 0.1) is 0 Å². The van der Waals surface area contributed by atoms with Crippen molar-refractivity contribution in [2.45, 2.75) is 19.9 Å². The van der Waals surface area contributed by atoms with Gasteiger partial charge in [0.15, 0.2) is 0 Å². The summed E-state index contributed by atoms with van der Waals surface area (Å²) < 4.78 is 5.18. The average molecular weight is 260 g/mol. The van der Waals surface area contributed by atoms with Crippen molar-refractivity contribution in [1.29, 1.82) is 0 Å². The molecule has 2 rings (SSSR count). The molecule has 0 unspecified atom stereocenters. The summed E-state index contributed by atoms with van der Waals surface area (Å²) in [6, 6.07) is 3.68. The summed E-state index contributed by atoms with van der Waals surface area (Å²) in [5.41, 5.74) is 0.456. The number of carbonyl (C=O) groups is 1. The van der Waals surface area contributed by atoms with Gasteiger partial charge in [0, 0.05) is 18.9 Å². The standard InChI is InChI=1S/C13H16N4O2/c1-2-5-14-12(18)10-7-15-13(16-8-10)17-9-11-4-3-6-19-11/h3-4,6-8H,2,5,9H2,1H3,(H,14,18)(H,15,16,17). The Morgan fingerprint density at radius 3 is 2.79 bits per heavy atom. The Kier molecular flexibility index (Phi) is 4.49. The maximum absolute atomic E-state index is 11.6. The molecule has 1 amide bonds. The van der Waals surface area contributed by atoms with Crippen molar-refractivity contribution in [1.82, 2.24) is 15.3 Å². The first-order valence-electron chi connectivity index (χ1n) is 6.16. The fraction of sp³-hybridized carbons (Fsp3) is 0.308. The molecule has 0 radical (unpaired) electrons. The van der Waals surface area contributed by atoms with Gasteiger partial charge in [0.1, 0.15) is 5.76 Å². The quantitative estimate of drug-likeness (QED) is 0.828. The molecule has 0 spiro atoms. The lowest BCUT2D eigenvalue weighted by Crippen LogP contribution is -2.24. The van der Waals surface area contributed by atoms with Crippen LogP contribution < -0.4 is 10.6 Å². The molecular weight excluding hydrogens is 244 g/mol. The highest BCUT2D eigenvalue weighted by molar-refractivity contribution is 5.93. The summed E-state index contributed by atoms with van der Waals surface area (Å²) in [7, 11) is 0. The van der Waals surface area contributed by atoms with Gasteiger partial charge in [0.25, 0.3) is 5.91 Å². The van der Waals surface area contributed by atoms with E-state index in [1.54, 1.807) is 6.26 Å². The van der Waals surface area contributed by atoms with E-state index in [0.717, 1.165) is 12.2 Å². The molecule has 0 aromatic carbocycles. The van der Waals surface area contributed by atoms with Crippen LogP contribution >= 0.6 is 0 Å². The van der Waals surface area contributed by atoms with Gasteiger partial charge in [-0.1, -0.05) is 6.92 Å². The maximum atomic E-state index is 11.6. The van der Waals surface area contributed by atoms with Gasteiger partial charge < -0.3 is 15.1 Å². The topological polar surface area (TPSA) is 80.0 Å². The summed E-state index contributed by atoms with van der Waals surface area (Å²) in [5.74, 6) is 1.11. The Bertz CT molecular complexity index is 508. The van der Waals surface area contributed by atoms with Crippen LogP contribution in [-0.4, -0.2) is 22.4 Å². The summed E-state index contributed by atoms with van der Waals surface area (Å²) >= 11 is 0. The molecule has 19 heavy (non-hydrogen) atoms. The number of hydrogen-bond donors (Lipinski definition) is 2. The second-order valence-corrected chi connectivity index (χ2v) is 3.98. The Morgan fingerprint density at radius 2 is 2.16 bits per heavy atom. The fourth-order valence-corrected chi connectivity index (χ4v) is 1.46. The first-order valence-corrected chi connectivity index (χ1v) is 6.16. The number of nitrogens with zero attached hydrogens (tertiary/aromatic N) is 2. The van der Waals surface area contributed by atoms with Gasteiger partial charge in [-0.15, -0.1) is 0 Å². The number of anilines is 1. The summed E-state index contributed by atoms with van der Waals surface area (Å²) in [6.45, 7) is 3.16. The van der Waals surface area contributed by atoms with E-state index in [-0.39, 0.29) is 5.91 Å². The molecule has 2 aromatic heterocycles. The van der Waals surface area contributed by atoms with E-state index in [1.165, 1.54) is 12.4 Å². The molecule has 2 heterocycles. The molecule has 6 nitrogen and oxygen atoms in total. The summed E-state index contributed by atoms with van der Waals surface area (Å²) in [4.78, 5) is 19.8. The molecule has 0 saturated carbocycles. The van der Waals surface area contributed by atoms with Crippen LogP contribution in [-0.2, 0) is 6.54 Å². The van der Waals surface area contributed by atoms with Gasteiger partial charge in [0.2, 0.25) is 5.95 Å². The third-order valence-corrected chi connectivity index (χ3v) is 2.45. The maximum Gasteiger partial charge on any atom is 0.254 e. The number of rotatable bonds is 6. The summed E-state index contributed by atoms with van der Waals surface area (Å²) in [5, 5.41) is 5.78. The van der Waals surface area contributed by atoms with Crippen LogP contribution in [0.1, 0.15) is 29.5 Å². The number of amides is 1. The van der Waals surface area contributed by atoms with Gasteiger partial charge in [-0.2, -0.15) is 0 Å². The zero-order valence-electron chi connectivity index (χ0n) is 10.7. The van der Waals surface area contributed by atoms with E-state index >= 15 is 0 Å². The van der Waals surface area contributed by atoms with Gasteiger partial charge in [0.05, 0.1) is 18.4 Å². The largest absolute Gasteiger partial charge is 0.467 e. The van der Waals surface area contributed by atoms with Crippen molar-refractivity contribution < 1.29 is 9.21 Å². The first-order chi connectivity index (χ1) is 9.29. The third kappa shape index (κ3) is 3.80. The second kappa shape index (κ2) is 6.53. The number of carbonyl (C=O) groups excluding carboxylic acids is 1. The first kappa shape index (κ1) is 13.1.